The minimum Gasteiger partial charge on any atom is -0.478 e. The molecule has 0 unspecified atom stereocenters. The molecule has 0 saturated heterocycles. The van der Waals surface area contributed by atoms with Crippen LogP contribution in [0.2, 0.25) is 0 Å². The predicted octanol–water partition coefficient (Wildman–Crippen LogP) is 5.77. The van der Waals surface area contributed by atoms with Crippen molar-refractivity contribution in [2.75, 3.05) is 13.7 Å². The number of benzene rings is 1. The van der Waals surface area contributed by atoms with Crippen molar-refractivity contribution in [3.63, 3.8) is 0 Å². The second-order valence-electron chi connectivity index (χ2n) is 10.5. The van der Waals surface area contributed by atoms with Gasteiger partial charge in [0.2, 0.25) is 0 Å². The minimum atomic E-state index is -0.904. The second-order valence-corrected chi connectivity index (χ2v) is 10.5. The van der Waals surface area contributed by atoms with Gasteiger partial charge in [0.1, 0.15) is 0 Å². The fourth-order valence-corrected chi connectivity index (χ4v) is 5.26. The lowest BCUT2D eigenvalue weighted by Gasteiger charge is -2.42. The van der Waals surface area contributed by atoms with Gasteiger partial charge < -0.3 is 9.84 Å². The number of carboxylic acid groups (broad SMARTS) is 1. The van der Waals surface area contributed by atoms with Gasteiger partial charge in [-0.15, -0.1) is 0 Å². The Morgan fingerprint density at radius 2 is 1.76 bits per heavy atom. The number of allylic oxidation sites excluding steroid dienone is 3. The van der Waals surface area contributed by atoms with E-state index in [0.29, 0.717) is 18.4 Å². The first-order chi connectivity index (χ1) is 13.4. The fraction of sp³-hybridized carbons (Fsp3) is 0.577. The van der Waals surface area contributed by atoms with Gasteiger partial charge >= 0.3 is 5.97 Å². The molecule has 1 aromatic rings. The highest BCUT2D eigenvalue weighted by Crippen LogP contribution is 2.61. The van der Waals surface area contributed by atoms with E-state index in [9.17, 15) is 4.79 Å². The van der Waals surface area contributed by atoms with Gasteiger partial charge in [-0.1, -0.05) is 65.0 Å². The molecule has 1 N–H and O–H groups in total. The van der Waals surface area contributed by atoms with Crippen LogP contribution in [0.4, 0.5) is 0 Å². The van der Waals surface area contributed by atoms with Crippen LogP contribution in [0.5, 0.6) is 0 Å². The van der Waals surface area contributed by atoms with Crippen LogP contribution in [0.3, 0.4) is 0 Å². The van der Waals surface area contributed by atoms with Crippen molar-refractivity contribution < 1.29 is 14.6 Å². The van der Waals surface area contributed by atoms with Crippen molar-refractivity contribution in [2.45, 2.75) is 70.6 Å². The van der Waals surface area contributed by atoms with Crippen molar-refractivity contribution >= 4 is 5.97 Å². The Kier molecular flexibility index (Phi) is 5.59. The zero-order valence-corrected chi connectivity index (χ0v) is 19.0. The zero-order valence-electron chi connectivity index (χ0n) is 19.0. The first-order valence-corrected chi connectivity index (χ1v) is 10.7. The summed E-state index contributed by atoms with van der Waals surface area (Å²) >= 11 is 0. The van der Waals surface area contributed by atoms with Crippen molar-refractivity contribution in [1.29, 1.82) is 0 Å². The predicted molar refractivity (Wildman–Crippen MR) is 118 cm³/mol. The highest BCUT2D eigenvalue weighted by molar-refractivity contribution is 5.81. The van der Waals surface area contributed by atoms with Crippen molar-refractivity contribution in [2.24, 2.45) is 11.8 Å². The van der Waals surface area contributed by atoms with Crippen LogP contribution >= 0.6 is 0 Å². The molecule has 0 amide bonds. The third-order valence-corrected chi connectivity index (χ3v) is 7.53. The number of hydrogen-bond donors (Lipinski definition) is 1. The lowest BCUT2D eigenvalue weighted by molar-refractivity contribution is -0.131. The Balaban J connectivity index is 1.98. The average molecular weight is 397 g/mol. The zero-order chi connectivity index (χ0) is 21.6. The van der Waals surface area contributed by atoms with E-state index in [1.165, 1.54) is 35.6 Å². The minimum absolute atomic E-state index is 0.0166. The lowest BCUT2D eigenvalue weighted by Crippen LogP contribution is -2.34. The van der Waals surface area contributed by atoms with E-state index in [-0.39, 0.29) is 16.2 Å². The molecular weight excluding hydrogens is 360 g/mol. The van der Waals surface area contributed by atoms with E-state index in [1.807, 2.05) is 13.0 Å². The molecule has 1 fully saturated rings. The number of carbonyl (C=O) groups is 1. The summed E-state index contributed by atoms with van der Waals surface area (Å²) in [5.41, 5.74) is 5.53. The van der Waals surface area contributed by atoms with Gasteiger partial charge in [0, 0.05) is 18.6 Å². The fourth-order valence-electron chi connectivity index (χ4n) is 5.26. The van der Waals surface area contributed by atoms with Gasteiger partial charge in [-0.2, -0.15) is 0 Å². The Morgan fingerprint density at radius 1 is 1.14 bits per heavy atom. The van der Waals surface area contributed by atoms with E-state index in [2.05, 4.69) is 58.9 Å². The maximum absolute atomic E-state index is 10.9. The largest absolute Gasteiger partial charge is 0.478 e. The maximum atomic E-state index is 10.9. The molecule has 3 atom stereocenters. The Hall–Kier alpha value is -1.87. The number of rotatable bonds is 6. The molecule has 158 valence electrons. The Labute approximate surface area is 175 Å². The summed E-state index contributed by atoms with van der Waals surface area (Å²) in [7, 11) is 1.76. The number of carboxylic acids is 1. The smallest absolute Gasteiger partial charge is 0.328 e. The number of ether oxygens (including phenoxy) is 1. The average Bonchev–Trinajstić information content (AvgIpc) is 3.21. The molecule has 1 aromatic carbocycles. The van der Waals surface area contributed by atoms with Crippen molar-refractivity contribution in [3.8, 4) is 0 Å². The molecule has 0 aliphatic heterocycles. The highest BCUT2D eigenvalue weighted by Gasteiger charge is 2.60. The summed E-state index contributed by atoms with van der Waals surface area (Å²) in [6, 6.07) is 7.13. The van der Waals surface area contributed by atoms with Crippen LogP contribution in [-0.2, 0) is 25.8 Å². The third kappa shape index (κ3) is 3.94. The SMILES string of the molecule is COC[C@@H]1[C@@H](C=CC(C)=CC(=O)O)[C@]1(C)c1ccc2c(c1)C(C)(C)CCC2(C)C. The number of hydrogen-bond acceptors (Lipinski definition) is 2. The third-order valence-electron chi connectivity index (χ3n) is 7.53. The molecule has 0 bridgehead atoms. The summed E-state index contributed by atoms with van der Waals surface area (Å²) in [5.74, 6) is -0.157. The van der Waals surface area contributed by atoms with Gasteiger partial charge in [-0.05, 0) is 64.7 Å². The molecule has 3 nitrogen and oxygen atoms in total. The molecule has 3 rings (SSSR count). The van der Waals surface area contributed by atoms with Crippen LogP contribution in [0.1, 0.15) is 71.1 Å². The van der Waals surface area contributed by atoms with Gasteiger partial charge in [0.25, 0.3) is 0 Å². The molecule has 2 aliphatic carbocycles. The lowest BCUT2D eigenvalue weighted by atomic mass is 9.62. The maximum Gasteiger partial charge on any atom is 0.328 e. The van der Waals surface area contributed by atoms with Gasteiger partial charge in [-0.25, -0.2) is 4.79 Å². The first kappa shape index (κ1) is 21.8. The molecule has 3 heteroatoms. The number of fused-ring (bicyclic) bond motifs is 1. The van der Waals surface area contributed by atoms with E-state index < -0.39 is 5.97 Å². The van der Waals surface area contributed by atoms with Crippen LogP contribution in [-0.4, -0.2) is 24.8 Å². The molecule has 0 spiro atoms. The first-order valence-electron chi connectivity index (χ1n) is 10.7. The normalized spacial score (nSPS) is 30.2. The molecule has 2 aliphatic rings. The van der Waals surface area contributed by atoms with Gasteiger partial charge in [-0.3, -0.25) is 0 Å². The van der Waals surface area contributed by atoms with Crippen LogP contribution < -0.4 is 0 Å². The second kappa shape index (κ2) is 7.43. The molecule has 0 aromatic heterocycles. The molecule has 0 radical (unpaired) electrons. The molecule has 29 heavy (non-hydrogen) atoms. The van der Waals surface area contributed by atoms with Crippen molar-refractivity contribution in [1.82, 2.24) is 0 Å². The molecule has 0 heterocycles. The number of methoxy groups -OCH3 is 1. The van der Waals surface area contributed by atoms with Gasteiger partial charge in [0.05, 0.1) is 6.61 Å². The highest BCUT2D eigenvalue weighted by atomic mass is 16.5. The van der Waals surface area contributed by atoms with E-state index in [4.69, 9.17) is 9.84 Å². The molecular formula is C26H36O3. The summed E-state index contributed by atoms with van der Waals surface area (Å²) < 4.78 is 5.53. The monoisotopic (exact) mass is 396 g/mol. The van der Waals surface area contributed by atoms with Crippen LogP contribution in [0.25, 0.3) is 0 Å². The van der Waals surface area contributed by atoms with Crippen molar-refractivity contribution in [3.05, 3.63) is 58.7 Å². The van der Waals surface area contributed by atoms with E-state index in [0.717, 1.165) is 5.57 Å². The standard InChI is InChI=1S/C26H36O3/c1-17(14-23(27)28)8-10-20-22(16-29-7)26(20,6)18-9-11-19-21(15-18)25(4,5)13-12-24(19,2)3/h8-11,14-15,20,22H,12-13,16H2,1-7H3,(H,27,28)/t20-,22-,26+/m1/s1. The van der Waals surface area contributed by atoms with Crippen LogP contribution in [0.15, 0.2) is 42.0 Å². The Morgan fingerprint density at radius 3 is 2.34 bits per heavy atom. The summed E-state index contributed by atoms with van der Waals surface area (Å²) in [5, 5.41) is 8.96. The quantitative estimate of drug-likeness (QED) is 0.490. The van der Waals surface area contributed by atoms with E-state index in [1.54, 1.807) is 7.11 Å². The summed E-state index contributed by atoms with van der Waals surface area (Å²) in [4.78, 5) is 10.9. The Bertz CT molecular complexity index is 859. The summed E-state index contributed by atoms with van der Waals surface area (Å²) in [6.45, 7) is 14.3. The number of aliphatic carboxylic acids is 1. The van der Waals surface area contributed by atoms with E-state index >= 15 is 0 Å². The van der Waals surface area contributed by atoms with Gasteiger partial charge in [0.15, 0.2) is 0 Å². The van der Waals surface area contributed by atoms with Crippen LogP contribution in [0, 0.1) is 11.8 Å². The molecule has 1 saturated carbocycles. The topological polar surface area (TPSA) is 46.5 Å². The summed E-state index contributed by atoms with van der Waals surface area (Å²) in [6.07, 6.45) is 7.80.